The highest BCUT2D eigenvalue weighted by molar-refractivity contribution is 5.91. The maximum absolute atomic E-state index is 11.7. The van der Waals surface area contributed by atoms with Crippen LogP contribution in [0, 0.1) is 0 Å². The summed E-state index contributed by atoms with van der Waals surface area (Å²) < 4.78 is 0. The Morgan fingerprint density at radius 1 is 1.40 bits per heavy atom. The highest BCUT2D eigenvalue weighted by Crippen LogP contribution is 2.22. The zero-order valence-corrected chi connectivity index (χ0v) is 12.5. The van der Waals surface area contributed by atoms with Crippen molar-refractivity contribution in [1.82, 2.24) is 5.32 Å². The normalized spacial score (nSPS) is 10.9. The first-order valence-electron chi connectivity index (χ1n) is 6.82. The van der Waals surface area contributed by atoms with Gasteiger partial charge < -0.3 is 16.4 Å². The molecule has 1 aromatic carbocycles. The van der Waals surface area contributed by atoms with Crippen molar-refractivity contribution >= 4 is 18.0 Å². The Balaban J connectivity index is 0.00000110. The molecule has 5 nitrogen and oxygen atoms in total. The van der Waals surface area contributed by atoms with Crippen LogP contribution in [-0.2, 0) is 9.59 Å². The van der Waals surface area contributed by atoms with E-state index in [-0.39, 0.29) is 18.4 Å². The zero-order valence-electron chi connectivity index (χ0n) is 12.5. The molecule has 5 heteroatoms. The summed E-state index contributed by atoms with van der Waals surface area (Å²) in [6.45, 7) is 4.17. The van der Waals surface area contributed by atoms with Gasteiger partial charge in [-0.1, -0.05) is 31.5 Å². The van der Waals surface area contributed by atoms with Crippen LogP contribution in [-0.4, -0.2) is 19.4 Å². The maximum atomic E-state index is 11.7. The predicted molar refractivity (Wildman–Crippen MR) is 82.3 cm³/mol. The van der Waals surface area contributed by atoms with Gasteiger partial charge in [-0.15, -0.1) is 0 Å². The van der Waals surface area contributed by atoms with Gasteiger partial charge in [-0.05, 0) is 32.0 Å². The first-order valence-corrected chi connectivity index (χ1v) is 6.82. The van der Waals surface area contributed by atoms with E-state index >= 15 is 0 Å². The second kappa shape index (κ2) is 11.0. The summed E-state index contributed by atoms with van der Waals surface area (Å²) in [5, 5.41) is 6.17. The third kappa shape index (κ3) is 6.89. The summed E-state index contributed by atoms with van der Waals surface area (Å²) in [5.41, 5.74) is 6.20. The minimum atomic E-state index is 0.0996. The summed E-state index contributed by atoms with van der Waals surface area (Å²) in [5.74, 6) is 0.0996. The lowest BCUT2D eigenvalue weighted by atomic mass is 10.1. The molecule has 1 rings (SSSR count). The van der Waals surface area contributed by atoms with E-state index in [4.69, 9.17) is 4.79 Å². The number of nitrogens with two attached hydrogens (primary N) is 1. The summed E-state index contributed by atoms with van der Waals surface area (Å²) in [7, 11) is 1.92. The number of para-hydroxylation sites is 1. The number of anilines is 1. The lowest BCUT2D eigenvalue weighted by Gasteiger charge is -2.16. The molecule has 1 unspecified atom stereocenters. The molecule has 1 aromatic rings. The Morgan fingerprint density at radius 2 is 2.00 bits per heavy atom. The molecule has 0 heterocycles. The van der Waals surface area contributed by atoms with Crippen LogP contribution in [0.5, 0.6) is 0 Å². The van der Waals surface area contributed by atoms with Crippen molar-refractivity contribution in [2.75, 3.05) is 12.4 Å². The van der Waals surface area contributed by atoms with E-state index < -0.39 is 0 Å². The standard InChI is InChI=1S/C14H22N2O.CH3NO/c1-4-5-10-14(17)16-13-9-7-6-8-12(13)11(2)15-3;2-1-3/h6-9,11,15H,4-5,10H2,1-3H3,(H,16,17);1H,(H2,2,3). The van der Waals surface area contributed by atoms with Crippen LogP contribution < -0.4 is 16.4 Å². The molecule has 0 aromatic heterocycles. The number of benzene rings is 1. The van der Waals surface area contributed by atoms with Gasteiger partial charge in [0.2, 0.25) is 12.3 Å². The van der Waals surface area contributed by atoms with E-state index in [1.54, 1.807) is 0 Å². The van der Waals surface area contributed by atoms with Gasteiger partial charge in [0.1, 0.15) is 0 Å². The number of hydrogen-bond donors (Lipinski definition) is 3. The average molecular weight is 279 g/mol. The Morgan fingerprint density at radius 3 is 2.55 bits per heavy atom. The van der Waals surface area contributed by atoms with Crippen LogP contribution in [0.3, 0.4) is 0 Å². The van der Waals surface area contributed by atoms with Crippen LogP contribution in [0.4, 0.5) is 5.69 Å². The summed E-state index contributed by atoms with van der Waals surface area (Å²) >= 11 is 0. The van der Waals surface area contributed by atoms with E-state index in [1.807, 2.05) is 31.3 Å². The van der Waals surface area contributed by atoms with Gasteiger partial charge in [-0.2, -0.15) is 0 Å². The summed E-state index contributed by atoms with van der Waals surface area (Å²) in [4.78, 5) is 20.3. The van der Waals surface area contributed by atoms with Crippen LogP contribution >= 0.6 is 0 Å². The second-order valence-corrected chi connectivity index (χ2v) is 4.39. The van der Waals surface area contributed by atoms with Gasteiger partial charge in [-0.25, -0.2) is 0 Å². The summed E-state index contributed by atoms with van der Waals surface area (Å²) in [6.07, 6.45) is 2.83. The van der Waals surface area contributed by atoms with Gasteiger partial charge in [0.25, 0.3) is 0 Å². The SMILES string of the molecule is CCCCC(=O)Nc1ccccc1C(C)NC.NC=O. The molecule has 4 N–H and O–H groups in total. The van der Waals surface area contributed by atoms with Crippen LogP contribution in [0.15, 0.2) is 24.3 Å². The van der Waals surface area contributed by atoms with Gasteiger partial charge in [-0.3, -0.25) is 9.59 Å². The van der Waals surface area contributed by atoms with Gasteiger partial charge in [0.15, 0.2) is 0 Å². The molecule has 0 aliphatic heterocycles. The van der Waals surface area contributed by atoms with Crippen LogP contribution in [0.25, 0.3) is 0 Å². The van der Waals surface area contributed by atoms with Gasteiger partial charge >= 0.3 is 0 Å². The molecule has 0 aliphatic carbocycles. The Labute approximate surface area is 120 Å². The van der Waals surface area contributed by atoms with Crippen molar-refractivity contribution in [3.63, 3.8) is 0 Å². The first kappa shape index (κ1) is 18.1. The van der Waals surface area contributed by atoms with E-state index in [2.05, 4.69) is 30.2 Å². The molecule has 0 saturated heterocycles. The average Bonchev–Trinajstić information content (AvgIpc) is 2.45. The predicted octanol–water partition coefficient (Wildman–Crippen LogP) is 2.20. The molecular weight excluding hydrogens is 254 g/mol. The van der Waals surface area contributed by atoms with Crippen molar-refractivity contribution in [1.29, 1.82) is 0 Å². The molecule has 2 amide bonds. The monoisotopic (exact) mass is 279 g/mol. The Kier molecular flexibility index (Phi) is 9.96. The Bertz CT molecular complexity index is 408. The number of unbranched alkanes of at least 4 members (excludes halogenated alkanes) is 1. The molecule has 0 radical (unpaired) electrons. The number of primary amides is 1. The highest BCUT2D eigenvalue weighted by Gasteiger charge is 2.10. The first-order chi connectivity index (χ1) is 9.60. The third-order valence-electron chi connectivity index (χ3n) is 2.89. The molecule has 1 atom stereocenters. The van der Waals surface area contributed by atoms with Crippen LogP contribution in [0.2, 0.25) is 0 Å². The minimum Gasteiger partial charge on any atom is -0.372 e. The number of amides is 2. The van der Waals surface area contributed by atoms with E-state index in [0.717, 1.165) is 24.1 Å². The fourth-order valence-corrected chi connectivity index (χ4v) is 1.69. The van der Waals surface area contributed by atoms with Crippen molar-refractivity contribution in [2.45, 2.75) is 39.2 Å². The lowest BCUT2D eigenvalue weighted by molar-refractivity contribution is -0.116. The van der Waals surface area contributed by atoms with Gasteiger partial charge in [0, 0.05) is 18.2 Å². The smallest absolute Gasteiger partial charge is 0.224 e. The fourth-order valence-electron chi connectivity index (χ4n) is 1.69. The number of rotatable bonds is 6. The van der Waals surface area contributed by atoms with Gasteiger partial charge in [0.05, 0.1) is 0 Å². The fraction of sp³-hybridized carbons (Fsp3) is 0.467. The van der Waals surface area contributed by atoms with Crippen molar-refractivity contribution in [3.05, 3.63) is 29.8 Å². The molecular formula is C15H25N3O2. The van der Waals surface area contributed by atoms with Crippen LogP contribution in [0.1, 0.15) is 44.7 Å². The number of carbonyl (C=O) groups excluding carboxylic acids is 2. The Hall–Kier alpha value is -1.88. The molecule has 0 saturated carbocycles. The maximum Gasteiger partial charge on any atom is 0.224 e. The van der Waals surface area contributed by atoms with E-state index in [1.165, 1.54) is 0 Å². The van der Waals surface area contributed by atoms with Crippen molar-refractivity contribution in [3.8, 4) is 0 Å². The molecule has 20 heavy (non-hydrogen) atoms. The van der Waals surface area contributed by atoms with E-state index in [0.29, 0.717) is 6.42 Å². The van der Waals surface area contributed by atoms with Crippen molar-refractivity contribution < 1.29 is 9.59 Å². The largest absolute Gasteiger partial charge is 0.372 e. The molecule has 0 fully saturated rings. The number of hydrogen-bond acceptors (Lipinski definition) is 3. The highest BCUT2D eigenvalue weighted by atomic mass is 16.1. The quantitative estimate of drug-likeness (QED) is 0.698. The number of nitrogens with one attached hydrogen (secondary N) is 2. The zero-order chi connectivity index (χ0) is 15.4. The molecule has 0 aliphatic rings. The van der Waals surface area contributed by atoms with Crippen molar-refractivity contribution in [2.24, 2.45) is 5.73 Å². The molecule has 0 spiro atoms. The lowest BCUT2D eigenvalue weighted by Crippen LogP contribution is -2.17. The third-order valence-corrected chi connectivity index (χ3v) is 2.89. The molecule has 112 valence electrons. The molecule has 0 bridgehead atoms. The number of carbonyl (C=O) groups is 2. The topological polar surface area (TPSA) is 84.2 Å². The second-order valence-electron chi connectivity index (χ2n) is 4.39. The van der Waals surface area contributed by atoms with E-state index in [9.17, 15) is 4.79 Å². The summed E-state index contributed by atoms with van der Waals surface area (Å²) in [6, 6.07) is 8.16. The minimum absolute atomic E-state index is 0.0996.